The SMILES string of the molecule is Cc1cc(CC(=O)N2CC[C@@H](C[OH+]C3CCCCC3)C2)c(F)cc1NC(=O)c1c[nH]c2ccccc12. The number of benzene rings is 2. The Balaban J connectivity index is 1.17. The summed E-state index contributed by atoms with van der Waals surface area (Å²) in [5, 5.41) is 3.63. The number of carbonyl (C=O) groups is 2. The van der Waals surface area contributed by atoms with Gasteiger partial charge in [0.15, 0.2) is 6.10 Å². The van der Waals surface area contributed by atoms with Crippen LogP contribution in [0.2, 0.25) is 0 Å². The molecule has 2 fully saturated rings. The predicted octanol–water partition coefficient (Wildman–Crippen LogP) is 5.12. The summed E-state index contributed by atoms with van der Waals surface area (Å²) in [6.07, 6.45) is 9.42. The number of nitrogens with zero attached hydrogens (tertiary/aromatic N) is 1. The van der Waals surface area contributed by atoms with Gasteiger partial charge in [0.25, 0.3) is 5.91 Å². The number of H-pyrrole nitrogens is 1. The predicted molar refractivity (Wildman–Crippen MR) is 140 cm³/mol. The van der Waals surface area contributed by atoms with Crippen molar-refractivity contribution in [3.05, 3.63) is 65.1 Å². The molecule has 1 saturated heterocycles. The molecule has 0 unspecified atom stereocenters. The standard InChI is InChI=1S/C29H34FN3O3/c1-19-13-21(14-28(34)33-12-11-20(17-33)18-36-22-7-3-2-4-8-22)25(30)15-27(19)32-29(35)24-16-31-26-10-6-5-9-23(24)26/h5-6,9-10,13,15-16,20,22,31H,2-4,7-8,11-12,14,17-18H2,1H3,(H,32,35)/p+1/t20-/m1/s1. The van der Waals surface area contributed by atoms with Crippen LogP contribution in [0.15, 0.2) is 42.6 Å². The molecule has 1 atom stereocenters. The largest absolute Gasteiger partial charge is 0.431 e. The molecule has 1 aromatic heterocycles. The number of hydrogen-bond acceptors (Lipinski definition) is 2. The fraction of sp³-hybridized carbons (Fsp3) is 0.448. The van der Waals surface area contributed by atoms with Gasteiger partial charge in [-0.15, -0.1) is 0 Å². The van der Waals surface area contributed by atoms with Gasteiger partial charge in [-0.05, 0) is 49.4 Å². The van der Waals surface area contributed by atoms with E-state index in [1.54, 1.807) is 12.3 Å². The molecular formula is C29H35FN3O3+. The van der Waals surface area contributed by atoms with E-state index in [1.165, 1.54) is 38.2 Å². The zero-order chi connectivity index (χ0) is 25.1. The van der Waals surface area contributed by atoms with Gasteiger partial charge in [0, 0.05) is 54.6 Å². The molecule has 3 aromatic rings. The number of para-hydroxylation sites is 1. The molecule has 1 aliphatic carbocycles. The third-order valence-corrected chi connectivity index (χ3v) is 7.65. The molecule has 36 heavy (non-hydrogen) atoms. The topological polar surface area (TPSA) is 78.0 Å². The highest BCUT2D eigenvalue weighted by atomic mass is 19.1. The van der Waals surface area contributed by atoms with E-state index < -0.39 is 5.82 Å². The number of carbonyl (C=O) groups excluding carboxylic acids is 2. The van der Waals surface area contributed by atoms with Gasteiger partial charge in [-0.3, -0.25) is 9.59 Å². The Morgan fingerprint density at radius 2 is 1.94 bits per heavy atom. The first-order valence-electron chi connectivity index (χ1n) is 13.1. The lowest BCUT2D eigenvalue weighted by molar-refractivity contribution is -0.135. The number of amides is 2. The second-order valence-corrected chi connectivity index (χ2v) is 10.3. The van der Waals surface area contributed by atoms with Crippen LogP contribution in [0.25, 0.3) is 10.9 Å². The molecule has 2 aliphatic rings. The molecule has 0 bridgehead atoms. The summed E-state index contributed by atoms with van der Waals surface area (Å²) in [4.78, 5) is 30.7. The number of aliphatic hydroxyl groups is 2. The summed E-state index contributed by atoms with van der Waals surface area (Å²) in [7, 11) is 0. The first kappa shape index (κ1) is 24.5. The maximum atomic E-state index is 15.0. The Morgan fingerprint density at radius 3 is 2.78 bits per heavy atom. The van der Waals surface area contributed by atoms with Crippen molar-refractivity contribution in [3.8, 4) is 0 Å². The van der Waals surface area contributed by atoms with E-state index in [2.05, 4.69) is 10.3 Å². The minimum absolute atomic E-state index is 0.0236. The first-order chi connectivity index (χ1) is 17.5. The Labute approximate surface area is 211 Å². The smallest absolute Gasteiger partial charge is 0.257 e. The fourth-order valence-corrected chi connectivity index (χ4v) is 5.51. The van der Waals surface area contributed by atoms with E-state index in [0.717, 1.165) is 29.5 Å². The van der Waals surface area contributed by atoms with Crippen molar-refractivity contribution in [2.24, 2.45) is 5.92 Å². The monoisotopic (exact) mass is 492 g/mol. The van der Waals surface area contributed by atoms with E-state index >= 15 is 0 Å². The molecule has 3 N–H and O–H groups in total. The first-order valence-corrected chi connectivity index (χ1v) is 13.1. The number of aromatic amines is 1. The number of likely N-dealkylation sites (tertiary alicyclic amines) is 1. The molecular weight excluding hydrogens is 457 g/mol. The quantitative estimate of drug-likeness (QED) is 0.449. The lowest BCUT2D eigenvalue weighted by Gasteiger charge is -2.21. The zero-order valence-corrected chi connectivity index (χ0v) is 20.9. The van der Waals surface area contributed by atoms with Crippen LogP contribution in [0.5, 0.6) is 0 Å². The van der Waals surface area contributed by atoms with Gasteiger partial charge in [-0.2, -0.15) is 0 Å². The van der Waals surface area contributed by atoms with Crippen molar-refractivity contribution in [2.75, 3.05) is 25.0 Å². The Hall–Kier alpha value is -3.19. The molecule has 6 nitrogen and oxygen atoms in total. The van der Waals surface area contributed by atoms with E-state index in [0.29, 0.717) is 41.9 Å². The third-order valence-electron chi connectivity index (χ3n) is 7.65. The highest BCUT2D eigenvalue weighted by Crippen LogP contribution is 2.26. The molecule has 2 amide bonds. The summed E-state index contributed by atoms with van der Waals surface area (Å²) < 4.78 is 19.9. The Kier molecular flexibility index (Phi) is 7.37. The second kappa shape index (κ2) is 10.8. The number of fused-ring (bicyclic) bond motifs is 1. The molecule has 1 saturated carbocycles. The molecule has 5 rings (SSSR count). The molecule has 0 spiro atoms. The number of hydrogen-bond donors (Lipinski definition) is 2. The van der Waals surface area contributed by atoms with Crippen LogP contribution in [0.3, 0.4) is 0 Å². The lowest BCUT2D eigenvalue weighted by atomic mass is 9.97. The summed E-state index contributed by atoms with van der Waals surface area (Å²) in [5.41, 5.74) is 2.86. The number of halogens is 1. The van der Waals surface area contributed by atoms with Crippen LogP contribution in [-0.4, -0.2) is 52.2 Å². The van der Waals surface area contributed by atoms with E-state index in [4.69, 9.17) is 4.74 Å². The summed E-state index contributed by atoms with van der Waals surface area (Å²) >= 11 is 0. The summed E-state index contributed by atoms with van der Waals surface area (Å²) in [5.74, 6) is -0.430. The number of nitrogens with one attached hydrogen (secondary N) is 2. The lowest BCUT2D eigenvalue weighted by Crippen LogP contribution is -2.32. The summed E-state index contributed by atoms with van der Waals surface area (Å²) in [6, 6.07) is 10.5. The van der Waals surface area contributed by atoms with Crippen molar-refractivity contribution >= 4 is 28.4 Å². The fourth-order valence-electron chi connectivity index (χ4n) is 5.51. The van der Waals surface area contributed by atoms with Gasteiger partial charge in [0.05, 0.1) is 12.0 Å². The zero-order valence-electron chi connectivity index (χ0n) is 20.9. The number of anilines is 1. The second-order valence-electron chi connectivity index (χ2n) is 10.3. The van der Waals surface area contributed by atoms with E-state index in [-0.39, 0.29) is 18.2 Å². The van der Waals surface area contributed by atoms with Crippen LogP contribution in [0.1, 0.15) is 60.0 Å². The maximum Gasteiger partial charge on any atom is 0.257 e. The highest BCUT2D eigenvalue weighted by Gasteiger charge is 2.30. The van der Waals surface area contributed by atoms with Crippen LogP contribution in [-0.2, 0) is 11.2 Å². The van der Waals surface area contributed by atoms with Gasteiger partial charge >= 0.3 is 0 Å². The number of aryl methyl sites for hydroxylation is 1. The van der Waals surface area contributed by atoms with Crippen LogP contribution in [0.4, 0.5) is 10.1 Å². The average Bonchev–Trinajstić information content (AvgIpc) is 3.54. The molecule has 190 valence electrons. The van der Waals surface area contributed by atoms with Crippen molar-refractivity contribution in [3.63, 3.8) is 0 Å². The minimum Gasteiger partial charge on any atom is -0.431 e. The van der Waals surface area contributed by atoms with Crippen molar-refractivity contribution < 1.29 is 18.7 Å². The average molecular weight is 493 g/mol. The molecule has 0 radical (unpaired) electrons. The Morgan fingerprint density at radius 1 is 1.14 bits per heavy atom. The van der Waals surface area contributed by atoms with Crippen LogP contribution < -0.4 is 5.32 Å². The van der Waals surface area contributed by atoms with Crippen molar-refractivity contribution in [1.82, 2.24) is 9.88 Å². The van der Waals surface area contributed by atoms with Crippen LogP contribution in [0, 0.1) is 18.7 Å². The van der Waals surface area contributed by atoms with Gasteiger partial charge in [-0.25, -0.2) is 4.39 Å². The number of ether oxygens (including phenoxy) is 1. The molecule has 7 heteroatoms. The maximum absolute atomic E-state index is 15.0. The highest BCUT2D eigenvalue weighted by molar-refractivity contribution is 6.13. The van der Waals surface area contributed by atoms with Crippen molar-refractivity contribution in [2.45, 2.75) is 58.0 Å². The van der Waals surface area contributed by atoms with Gasteiger partial charge in [0.1, 0.15) is 12.4 Å². The molecule has 2 heterocycles. The molecule has 2 aromatic carbocycles. The van der Waals surface area contributed by atoms with Crippen LogP contribution >= 0.6 is 0 Å². The number of rotatable bonds is 7. The number of aromatic nitrogens is 1. The van der Waals surface area contributed by atoms with Gasteiger partial charge in [0.2, 0.25) is 5.91 Å². The third kappa shape index (κ3) is 5.46. The van der Waals surface area contributed by atoms with Gasteiger partial charge < -0.3 is 19.9 Å². The summed E-state index contributed by atoms with van der Waals surface area (Å²) in [6.45, 7) is 4.06. The molecule has 1 aliphatic heterocycles. The van der Waals surface area contributed by atoms with Crippen molar-refractivity contribution in [1.29, 1.82) is 0 Å². The Bertz CT molecular complexity index is 1250. The minimum atomic E-state index is -0.480. The normalized spacial score (nSPS) is 18.6. The van der Waals surface area contributed by atoms with E-state index in [1.807, 2.05) is 36.1 Å². The van der Waals surface area contributed by atoms with E-state index in [9.17, 15) is 14.0 Å². The van der Waals surface area contributed by atoms with Gasteiger partial charge in [-0.1, -0.05) is 30.7 Å².